The number of anilines is 2. The molecule has 0 atom stereocenters. The van der Waals surface area contributed by atoms with E-state index in [2.05, 4.69) is 15.2 Å². The average molecular weight is 340 g/mol. The number of benzene rings is 1. The first-order chi connectivity index (χ1) is 12.0. The molecule has 1 aromatic heterocycles. The number of carbonyl (C=O) groups excluding carboxylic acids is 2. The third kappa shape index (κ3) is 3.88. The molecule has 0 radical (unpaired) electrons. The first-order valence-corrected chi connectivity index (χ1v) is 8.18. The Balaban J connectivity index is 1.75. The maximum atomic E-state index is 12.4. The zero-order valence-corrected chi connectivity index (χ0v) is 13.7. The van der Waals surface area contributed by atoms with Gasteiger partial charge in [0, 0.05) is 31.3 Å². The molecule has 7 heteroatoms. The zero-order chi connectivity index (χ0) is 17.8. The molecule has 2 amide bonds. The highest BCUT2D eigenvalue weighted by atomic mass is 16.2. The van der Waals surface area contributed by atoms with E-state index in [1.807, 2.05) is 24.3 Å². The standard InChI is InChI=1S/C18H20N4O3/c19-17(24)12-7-9-22(10-8-12)15-4-2-1-3-14(15)21-18(25)13-5-6-16(23)20-11-13/h1-6,11-12H,7-10H2,(H2,19,24)(H,20,23)(H,21,25). The molecule has 2 heterocycles. The molecule has 0 unspecified atom stereocenters. The fraction of sp³-hybridized carbons (Fsp3) is 0.278. The first kappa shape index (κ1) is 16.8. The smallest absolute Gasteiger partial charge is 0.257 e. The van der Waals surface area contributed by atoms with E-state index in [1.54, 1.807) is 0 Å². The van der Waals surface area contributed by atoms with Crippen LogP contribution in [-0.4, -0.2) is 29.9 Å². The number of hydrogen-bond donors (Lipinski definition) is 3. The van der Waals surface area contributed by atoms with E-state index >= 15 is 0 Å². The Morgan fingerprint density at radius 1 is 1.12 bits per heavy atom. The third-order valence-corrected chi connectivity index (χ3v) is 4.44. The van der Waals surface area contributed by atoms with Crippen LogP contribution < -0.4 is 21.5 Å². The number of carbonyl (C=O) groups is 2. The molecule has 4 N–H and O–H groups in total. The van der Waals surface area contributed by atoms with E-state index < -0.39 is 0 Å². The molecule has 1 fully saturated rings. The molecule has 1 aromatic carbocycles. The minimum absolute atomic E-state index is 0.0841. The van der Waals surface area contributed by atoms with Crippen LogP contribution in [0, 0.1) is 5.92 Å². The Hall–Kier alpha value is -3.09. The lowest BCUT2D eigenvalue weighted by molar-refractivity contribution is -0.122. The number of piperidine rings is 1. The topological polar surface area (TPSA) is 108 Å². The molecule has 2 aromatic rings. The molecule has 0 spiro atoms. The van der Waals surface area contributed by atoms with Crippen molar-refractivity contribution in [2.45, 2.75) is 12.8 Å². The van der Waals surface area contributed by atoms with Crippen LogP contribution in [0.15, 0.2) is 47.4 Å². The van der Waals surface area contributed by atoms with E-state index in [4.69, 9.17) is 5.73 Å². The number of nitrogens with two attached hydrogens (primary N) is 1. The van der Waals surface area contributed by atoms with Crippen LogP contribution in [0.3, 0.4) is 0 Å². The van der Waals surface area contributed by atoms with E-state index in [0.29, 0.717) is 37.2 Å². The van der Waals surface area contributed by atoms with Crippen molar-refractivity contribution in [3.05, 3.63) is 58.5 Å². The number of aromatic nitrogens is 1. The number of H-pyrrole nitrogens is 1. The number of amides is 2. The van der Waals surface area contributed by atoms with Crippen molar-refractivity contribution in [3.8, 4) is 0 Å². The molecule has 7 nitrogen and oxygen atoms in total. The molecule has 1 aliphatic heterocycles. The molecule has 1 aliphatic rings. The number of nitrogens with zero attached hydrogens (tertiary/aromatic N) is 1. The Kier molecular flexibility index (Phi) is 4.83. The normalized spacial score (nSPS) is 15.0. The summed E-state index contributed by atoms with van der Waals surface area (Å²) in [4.78, 5) is 39.4. The SMILES string of the molecule is NC(=O)C1CCN(c2ccccc2NC(=O)c2ccc(=O)[nH]c2)CC1. The highest BCUT2D eigenvalue weighted by Crippen LogP contribution is 2.30. The molecule has 0 saturated carbocycles. The van der Waals surface area contributed by atoms with Crippen molar-refractivity contribution in [3.63, 3.8) is 0 Å². The summed E-state index contributed by atoms with van der Waals surface area (Å²) in [6.07, 6.45) is 2.80. The fourth-order valence-electron chi connectivity index (χ4n) is 3.01. The van der Waals surface area contributed by atoms with Crippen LogP contribution in [0.4, 0.5) is 11.4 Å². The first-order valence-electron chi connectivity index (χ1n) is 8.18. The van der Waals surface area contributed by atoms with Gasteiger partial charge in [-0.3, -0.25) is 14.4 Å². The second-order valence-corrected chi connectivity index (χ2v) is 6.08. The average Bonchev–Trinajstić information content (AvgIpc) is 2.63. The van der Waals surface area contributed by atoms with Crippen molar-refractivity contribution in [2.75, 3.05) is 23.3 Å². The summed E-state index contributed by atoms with van der Waals surface area (Å²) in [6.45, 7) is 1.41. The summed E-state index contributed by atoms with van der Waals surface area (Å²) in [5.74, 6) is -0.630. The van der Waals surface area contributed by atoms with Gasteiger partial charge < -0.3 is 20.9 Å². The summed E-state index contributed by atoms with van der Waals surface area (Å²) >= 11 is 0. The summed E-state index contributed by atoms with van der Waals surface area (Å²) in [6, 6.07) is 10.3. The number of rotatable bonds is 4. The Morgan fingerprint density at radius 3 is 2.48 bits per heavy atom. The molecule has 0 aliphatic carbocycles. The van der Waals surface area contributed by atoms with Gasteiger partial charge in [-0.05, 0) is 31.0 Å². The lowest BCUT2D eigenvalue weighted by atomic mass is 9.96. The summed E-state index contributed by atoms with van der Waals surface area (Å²) in [5.41, 5.74) is 7.10. The molecular weight excluding hydrogens is 320 g/mol. The van der Waals surface area contributed by atoms with Crippen LogP contribution in [-0.2, 0) is 4.79 Å². The van der Waals surface area contributed by atoms with E-state index in [-0.39, 0.29) is 23.3 Å². The van der Waals surface area contributed by atoms with Crippen molar-refractivity contribution in [1.29, 1.82) is 0 Å². The van der Waals surface area contributed by atoms with Crippen molar-refractivity contribution >= 4 is 23.2 Å². The van der Waals surface area contributed by atoms with Crippen LogP contribution in [0.25, 0.3) is 0 Å². The number of aromatic amines is 1. The van der Waals surface area contributed by atoms with Crippen LogP contribution in [0.2, 0.25) is 0 Å². The van der Waals surface area contributed by atoms with Crippen LogP contribution >= 0.6 is 0 Å². The van der Waals surface area contributed by atoms with Gasteiger partial charge in [0.1, 0.15) is 0 Å². The van der Waals surface area contributed by atoms with Gasteiger partial charge in [0.25, 0.3) is 5.91 Å². The second kappa shape index (κ2) is 7.21. The van der Waals surface area contributed by atoms with Crippen LogP contribution in [0.5, 0.6) is 0 Å². The Labute approximate surface area is 144 Å². The van der Waals surface area contributed by atoms with Gasteiger partial charge in [0.15, 0.2) is 0 Å². The quantitative estimate of drug-likeness (QED) is 0.780. The van der Waals surface area contributed by atoms with Crippen LogP contribution in [0.1, 0.15) is 23.2 Å². The van der Waals surface area contributed by atoms with E-state index in [0.717, 1.165) is 5.69 Å². The van der Waals surface area contributed by atoms with E-state index in [1.165, 1.54) is 18.3 Å². The number of primary amides is 1. The predicted octanol–water partition coefficient (Wildman–Crippen LogP) is 1.33. The van der Waals surface area contributed by atoms with Crippen molar-refractivity contribution in [1.82, 2.24) is 4.98 Å². The summed E-state index contributed by atoms with van der Waals surface area (Å²) in [7, 11) is 0. The largest absolute Gasteiger partial charge is 0.370 e. The van der Waals surface area contributed by atoms with Gasteiger partial charge in [0.2, 0.25) is 11.5 Å². The number of para-hydroxylation sites is 2. The Bertz CT molecular complexity index is 818. The van der Waals surface area contributed by atoms with E-state index in [9.17, 15) is 14.4 Å². The number of nitrogens with one attached hydrogen (secondary N) is 2. The summed E-state index contributed by atoms with van der Waals surface area (Å²) in [5, 5.41) is 2.88. The lowest BCUT2D eigenvalue weighted by Gasteiger charge is -2.33. The predicted molar refractivity (Wildman–Crippen MR) is 95.6 cm³/mol. The Morgan fingerprint density at radius 2 is 1.84 bits per heavy atom. The molecule has 130 valence electrons. The maximum absolute atomic E-state index is 12.4. The molecule has 3 rings (SSSR count). The van der Waals surface area contributed by atoms with Gasteiger partial charge in [-0.1, -0.05) is 12.1 Å². The molecule has 25 heavy (non-hydrogen) atoms. The van der Waals surface area contributed by atoms with Gasteiger partial charge in [0.05, 0.1) is 16.9 Å². The highest BCUT2D eigenvalue weighted by Gasteiger charge is 2.24. The second-order valence-electron chi connectivity index (χ2n) is 6.08. The number of hydrogen-bond acceptors (Lipinski definition) is 4. The van der Waals surface area contributed by atoms with Crippen molar-refractivity contribution < 1.29 is 9.59 Å². The van der Waals surface area contributed by atoms with Crippen molar-refractivity contribution in [2.24, 2.45) is 11.7 Å². The zero-order valence-electron chi connectivity index (χ0n) is 13.7. The third-order valence-electron chi connectivity index (χ3n) is 4.44. The highest BCUT2D eigenvalue weighted by molar-refractivity contribution is 6.05. The molecular formula is C18H20N4O3. The molecule has 0 bridgehead atoms. The van der Waals surface area contributed by atoms with Gasteiger partial charge in [-0.2, -0.15) is 0 Å². The lowest BCUT2D eigenvalue weighted by Crippen LogP contribution is -2.38. The number of pyridine rings is 1. The minimum atomic E-state index is -0.296. The monoisotopic (exact) mass is 340 g/mol. The van der Waals surface area contributed by atoms with Gasteiger partial charge >= 0.3 is 0 Å². The maximum Gasteiger partial charge on any atom is 0.257 e. The molecule has 1 saturated heterocycles. The van der Waals surface area contributed by atoms with Gasteiger partial charge in [-0.25, -0.2) is 0 Å². The minimum Gasteiger partial charge on any atom is -0.370 e. The summed E-state index contributed by atoms with van der Waals surface area (Å²) < 4.78 is 0. The van der Waals surface area contributed by atoms with Gasteiger partial charge in [-0.15, -0.1) is 0 Å². The fourth-order valence-corrected chi connectivity index (χ4v) is 3.01.